The van der Waals surface area contributed by atoms with Crippen molar-refractivity contribution in [3.63, 3.8) is 0 Å². The molecule has 0 aromatic carbocycles. The molecule has 1 fully saturated rings. The fraction of sp³-hybridized carbons (Fsp3) is 0.471. The van der Waals surface area contributed by atoms with Crippen molar-refractivity contribution in [2.45, 2.75) is 0 Å². The summed E-state index contributed by atoms with van der Waals surface area (Å²) >= 11 is 12.1. The van der Waals surface area contributed by atoms with Gasteiger partial charge in [-0.3, -0.25) is 14.5 Å². The van der Waals surface area contributed by atoms with E-state index >= 15 is 0 Å². The summed E-state index contributed by atoms with van der Waals surface area (Å²) < 4.78 is 5.28. The maximum Gasteiger partial charge on any atom is 0.283 e. The first kappa shape index (κ1) is 20.0. The van der Waals surface area contributed by atoms with E-state index in [-0.39, 0.29) is 22.5 Å². The van der Waals surface area contributed by atoms with Gasteiger partial charge in [0, 0.05) is 38.9 Å². The molecule has 8 nitrogen and oxygen atoms in total. The first-order valence-corrected chi connectivity index (χ1v) is 9.34. The van der Waals surface area contributed by atoms with Gasteiger partial charge >= 0.3 is 0 Å². The van der Waals surface area contributed by atoms with E-state index in [1.165, 1.54) is 12.3 Å². The van der Waals surface area contributed by atoms with Gasteiger partial charge < -0.3 is 14.7 Å². The second-order valence-electron chi connectivity index (χ2n) is 6.11. The summed E-state index contributed by atoms with van der Waals surface area (Å²) in [5.74, 6) is -1.01. The molecule has 2 aliphatic rings. The number of amides is 2. The molecule has 27 heavy (non-hydrogen) atoms. The first-order chi connectivity index (χ1) is 13.0. The molecule has 2 aliphatic heterocycles. The van der Waals surface area contributed by atoms with Crippen LogP contribution in [0.4, 0.5) is 5.69 Å². The van der Waals surface area contributed by atoms with Gasteiger partial charge in [0.25, 0.3) is 11.8 Å². The second-order valence-corrected chi connectivity index (χ2v) is 6.87. The Hall–Kier alpha value is -1.71. The summed E-state index contributed by atoms with van der Waals surface area (Å²) in [6, 6.07) is 2.99. The van der Waals surface area contributed by atoms with E-state index in [1.807, 2.05) is 4.90 Å². The van der Waals surface area contributed by atoms with E-state index in [9.17, 15) is 9.59 Å². The second kappa shape index (κ2) is 8.99. The predicted molar refractivity (Wildman–Crippen MR) is 101 cm³/mol. The number of aromatic nitrogens is 1. The minimum absolute atomic E-state index is 0.00968. The van der Waals surface area contributed by atoms with Crippen molar-refractivity contribution in [3.8, 4) is 0 Å². The summed E-state index contributed by atoms with van der Waals surface area (Å²) in [7, 11) is 0. The molecule has 3 rings (SSSR count). The molecule has 0 aliphatic carbocycles. The van der Waals surface area contributed by atoms with Crippen LogP contribution in [0, 0.1) is 0 Å². The number of aliphatic hydroxyl groups excluding tert-OH is 1. The average Bonchev–Trinajstić information content (AvgIpc) is 2.88. The molecule has 0 radical (unpaired) electrons. The van der Waals surface area contributed by atoms with E-state index in [0.717, 1.165) is 24.5 Å². The van der Waals surface area contributed by atoms with Crippen LogP contribution in [0.25, 0.3) is 0 Å². The SMILES string of the molecule is O=C1C(Cl)=C(N2CCN(CCOCCO)CC2)C(=O)N1c1ccnc(Cl)c1. The Kier molecular flexibility index (Phi) is 6.67. The predicted octanol–water partition coefficient (Wildman–Crippen LogP) is 0.685. The number of ether oxygens (including phenoxy) is 1. The van der Waals surface area contributed by atoms with Gasteiger partial charge in [-0.2, -0.15) is 0 Å². The average molecular weight is 415 g/mol. The molecule has 146 valence electrons. The van der Waals surface area contributed by atoms with Crippen LogP contribution in [0.3, 0.4) is 0 Å². The molecule has 3 heterocycles. The van der Waals surface area contributed by atoms with Crippen molar-refractivity contribution in [1.82, 2.24) is 14.8 Å². The summed E-state index contributed by atoms with van der Waals surface area (Å²) in [5, 5.41) is 8.83. The first-order valence-electron chi connectivity index (χ1n) is 8.59. The Labute approximate surface area is 166 Å². The molecular formula is C17H20Cl2N4O4. The highest BCUT2D eigenvalue weighted by atomic mass is 35.5. The molecule has 0 spiro atoms. The van der Waals surface area contributed by atoms with Crippen LogP contribution in [0.15, 0.2) is 29.1 Å². The van der Waals surface area contributed by atoms with Gasteiger partial charge in [0.1, 0.15) is 15.9 Å². The molecule has 1 aromatic rings. The maximum absolute atomic E-state index is 12.9. The van der Waals surface area contributed by atoms with Crippen molar-refractivity contribution < 1.29 is 19.4 Å². The minimum Gasteiger partial charge on any atom is -0.394 e. The quantitative estimate of drug-likeness (QED) is 0.398. The molecule has 0 atom stereocenters. The number of pyridine rings is 1. The van der Waals surface area contributed by atoms with Crippen molar-refractivity contribution in [2.75, 3.05) is 57.4 Å². The standard InChI is InChI=1S/C17H20Cl2N4O4/c18-13-11-12(1-2-20-13)23-16(25)14(19)15(17(23)26)22-5-3-21(4-6-22)7-9-27-10-8-24/h1-2,11,24H,3-10H2. The number of piperazine rings is 1. The van der Waals surface area contributed by atoms with Crippen LogP contribution in [-0.2, 0) is 14.3 Å². The summed E-state index contributed by atoms with van der Waals surface area (Å²) in [4.78, 5) is 34.3. The monoisotopic (exact) mass is 414 g/mol. The van der Waals surface area contributed by atoms with Crippen molar-refractivity contribution in [3.05, 3.63) is 34.2 Å². The Balaban J connectivity index is 1.64. The minimum atomic E-state index is -0.557. The van der Waals surface area contributed by atoms with Crippen LogP contribution in [0.1, 0.15) is 0 Å². The van der Waals surface area contributed by atoms with E-state index in [4.69, 9.17) is 33.0 Å². The Morgan fingerprint density at radius 3 is 2.52 bits per heavy atom. The lowest BCUT2D eigenvalue weighted by atomic mass is 10.2. The number of anilines is 1. The van der Waals surface area contributed by atoms with Gasteiger partial charge in [-0.1, -0.05) is 23.2 Å². The van der Waals surface area contributed by atoms with Gasteiger partial charge in [0.2, 0.25) is 0 Å². The lowest BCUT2D eigenvalue weighted by molar-refractivity contribution is -0.121. The summed E-state index contributed by atoms with van der Waals surface area (Å²) in [6.45, 7) is 4.22. The zero-order valence-corrected chi connectivity index (χ0v) is 16.1. The lowest BCUT2D eigenvalue weighted by Crippen LogP contribution is -2.48. The molecule has 1 saturated heterocycles. The van der Waals surface area contributed by atoms with Gasteiger partial charge in [-0.25, -0.2) is 9.88 Å². The number of aliphatic hydroxyl groups is 1. The molecule has 1 aromatic heterocycles. The highest BCUT2D eigenvalue weighted by Gasteiger charge is 2.42. The largest absolute Gasteiger partial charge is 0.394 e. The van der Waals surface area contributed by atoms with Gasteiger partial charge in [0.15, 0.2) is 0 Å². The van der Waals surface area contributed by atoms with Crippen LogP contribution in [0.2, 0.25) is 5.15 Å². The molecular weight excluding hydrogens is 395 g/mol. The van der Waals surface area contributed by atoms with Crippen molar-refractivity contribution in [2.24, 2.45) is 0 Å². The van der Waals surface area contributed by atoms with E-state index in [2.05, 4.69) is 9.88 Å². The molecule has 2 amide bonds. The fourth-order valence-electron chi connectivity index (χ4n) is 3.09. The van der Waals surface area contributed by atoms with Crippen molar-refractivity contribution in [1.29, 1.82) is 0 Å². The number of imide groups is 1. The number of hydrogen-bond donors (Lipinski definition) is 1. The molecule has 0 unspecified atom stereocenters. The van der Waals surface area contributed by atoms with E-state index in [1.54, 1.807) is 6.07 Å². The van der Waals surface area contributed by atoms with Crippen LogP contribution >= 0.6 is 23.2 Å². The highest BCUT2D eigenvalue weighted by Crippen LogP contribution is 2.32. The lowest BCUT2D eigenvalue weighted by Gasteiger charge is -2.36. The molecule has 1 N–H and O–H groups in total. The number of carbonyl (C=O) groups excluding carboxylic acids is 2. The third-order valence-corrected chi connectivity index (χ3v) is 5.00. The number of carbonyl (C=O) groups is 2. The van der Waals surface area contributed by atoms with E-state index in [0.29, 0.717) is 32.0 Å². The van der Waals surface area contributed by atoms with Crippen LogP contribution in [-0.4, -0.2) is 84.2 Å². The molecule has 0 saturated carbocycles. The summed E-state index contributed by atoms with van der Waals surface area (Å²) in [6.07, 6.45) is 1.43. The third-order valence-electron chi connectivity index (χ3n) is 4.45. The van der Waals surface area contributed by atoms with Gasteiger partial charge in [-0.15, -0.1) is 0 Å². The van der Waals surface area contributed by atoms with Gasteiger partial charge in [0.05, 0.1) is 25.5 Å². The van der Waals surface area contributed by atoms with E-state index < -0.39 is 11.8 Å². The van der Waals surface area contributed by atoms with Gasteiger partial charge in [-0.05, 0) is 12.1 Å². The Morgan fingerprint density at radius 1 is 1.11 bits per heavy atom. The molecule has 0 bridgehead atoms. The molecule has 10 heteroatoms. The highest BCUT2D eigenvalue weighted by molar-refractivity contribution is 6.52. The zero-order valence-electron chi connectivity index (χ0n) is 14.6. The summed E-state index contributed by atoms with van der Waals surface area (Å²) in [5.41, 5.74) is 0.573. The number of hydrogen-bond acceptors (Lipinski definition) is 7. The Bertz CT molecular complexity index is 750. The number of halogens is 2. The van der Waals surface area contributed by atoms with Crippen LogP contribution in [0.5, 0.6) is 0 Å². The normalized spacial score (nSPS) is 18.8. The third kappa shape index (κ3) is 4.41. The Morgan fingerprint density at radius 2 is 1.85 bits per heavy atom. The fourth-order valence-corrected chi connectivity index (χ4v) is 3.54. The maximum atomic E-state index is 12.9. The smallest absolute Gasteiger partial charge is 0.283 e. The topological polar surface area (TPSA) is 86.2 Å². The number of rotatable bonds is 7. The van der Waals surface area contributed by atoms with Crippen molar-refractivity contribution >= 4 is 40.7 Å². The number of nitrogens with zero attached hydrogens (tertiary/aromatic N) is 4. The van der Waals surface area contributed by atoms with Crippen LogP contribution < -0.4 is 4.90 Å². The zero-order chi connectivity index (χ0) is 19.4.